The van der Waals surface area contributed by atoms with Crippen molar-refractivity contribution in [3.8, 4) is 5.75 Å². The highest BCUT2D eigenvalue weighted by molar-refractivity contribution is 5.97. The van der Waals surface area contributed by atoms with Gasteiger partial charge in [-0.1, -0.05) is 12.1 Å². The Bertz CT molecular complexity index is 796. The van der Waals surface area contributed by atoms with Crippen molar-refractivity contribution in [2.45, 2.75) is 19.8 Å². The van der Waals surface area contributed by atoms with Crippen LogP contribution in [-0.2, 0) is 9.53 Å². The molecule has 1 aliphatic heterocycles. The van der Waals surface area contributed by atoms with Crippen molar-refractivity contribution >= 4 is 23.3 Å². The number of nitrogens with zero attached hydrogens (tertiary/aromatic N) is 1. The van der Waals surface area contributed by atoms with Gasteiger partial charge in [0.05, 0.1) is 0 Å². The Morgan fingerprint density at radius 2 is 1.81 bits per heavy atom. The number of nitrogens with one attached hydrogen (secondary N) is 1. The number of esters is 1. The summed E-state index contributed by atoms with van der Waals surface area (Å²) < 4.78 is 4.98. The molecular formula is C20H22N2O4. The van der Waals surface area contributed by atoms with Gasteiger partial charge in [-0.15, -0.1) is 0 Å². The number of hydrogen-bond donors (Lipinski definition) is 2. The monoisotopic (exact) mass is 354 g/mol. The topological polar surface area (TPSA) is 78.9 Å². The third-order valence-electron chi connectivity index (χ3n) is 4.41. The lowest BCUT2D eigenvalue weighted by Crippen LogP contribution is -2.21. The average Bonchev–Trinajstić information content (AvgIpc) is 3.17. The van der Waals surface area contributed by atoms with Gasteiger partial charge in [0.2, 0.25) is 0 Å². The number of amides is 1. The molecule has 1 saturated heterocycles. The van der Waals surface area contributed by atoms with E-state index in [4.69, 9.17) is 4.74 Å². The van der Waals surface area contributed by atoms with E-state index in [1.807, 2.05) is 24.3 Å². The molecule has 0 aromatic heterocycles. The molecule has 0 unspecified atom stereocenters. The van der Waals surface area contributed by atoms with E-state index in [1.165, 1.54) is 18.9 Å². The Labute approximate surface area is 152 Å². The van der Waals surface area contributed by atoms with Crippen LogP contribution in [0.25, 0.3) is 0 Å². The first-order valence-corrected chi connectivity index (χ1v) is 8.65. The molecule has 26 heavy (non-hydrogen) atoms. The first-order chi connectivity index (χ1) is 12.5. The van der Waals surface area contributed by atoms with E-state index in [-0.39, 0.29) is 11.3 Å². The lowest BCUT2D eigenvalue weighted by atomic mass is 10.1. The number of carbonyl (C=O) groups is 2. The first kappa shape index (κ1) is 17.8. The van der Waals surface area contributed by atoms with Crippen LogP contribution in [0.5, 0.6) is 5.75 Å². The minimum absolute atomic E-state index is 0.0489. The molecule has 0 bridgehead atoms. The summed E-state index contributed by atoms with van der Waals surface area (Å²) in [5.41, 5.74) is 2.41. The van der Waals surface area contributed by atoms with Gasteiger partial charge in [-0.05, 0) is 55.7 Å². The van der Waals surface area contributed by atoms with Crippen molar-refractivity contribution in [3.63, 3.8) is 0 Å². The van der Waals surface area contributed by atoms with Crippen molar-refractivity contribution in [2.75, 3.05) is 29.9 Å². The summed E-state index contributed by atoms with van der Waals surface area (Å²) in [6.45, 7) is 3.39. The first-order valence-electron chi connectivity index (χ1n) is 8.65. The molecule has 0 atom stereocenters. The maximum atomic E-state index is 12.0. The molecule has 2 N–H and O–H groups in total. The zero-order valence-electron chi connectivity index (χ0n) is 14.7. The molecule has 6 nitrogen and oxygen atoms in total. The molecule has 136 valence electrons. The summed E-state index contributed by atoms with van der Waals surface area (Å²) in [4.78, 5) is 26.3. The number of anilines is 2. The fraction of sp³-hybridized carbons (Fsp3) is 0.300. The second kappa shape index (κ2) is 7.91. The molecule has 1 fully saturated rings. The van der Waals surface area contributed by atoms with E-state index in [2.05, 4.69) is 10.2 Å². The number of rotatable bonds is 5. The van der Waals surface area contributed by atoms with Crippen LogP contribution >= 0.6 is 0 Å². The number of hydrogen-bond acceptors (Lipinski definition) is 5. The van der Waals surface area contributed by atoms with Crippen LogP contribution in [0, 0.1) is 6.92 Å². The van der Waals surface area contributed by atoms with Crippen molar-refractivity contribution in [1.82, 2.24) is 0 Å². The van der Waals surface area contributed by atoms with Gasteiger partial charge in [-0.25, -0.2) is 4.79 Å². The molecule has 6 heteroatoms. The van der Waals surface area contributed by atoms with Crippen LogP contribution < -0.4 is 10.2 Å². The second-order valence-electron chi connectivity index (χ2n) is 6.34. The van der Waals surface area contributed by atoms with Gasteiger partial charge in [0, 0.05) is 24.5 Å². The van der Waals surface area contributed by atoms with Gasteiger partial charge >= 0.3 is 5.97 Å². The summed E-state index contributed by atoms with van der Waals surface area (Å²) in [6.07, 6.45) is 2.42. The molecule has 0 spiro atoms. The molecule has 0 saturated carbocycles. The van der Waals surface area contributed by atoms with E-state index in [0.717, 1.165) is 18.8 Å². The number of ether oxygens (including phenoxy) is 1. The molecule has 0 aliphatic carbocycles. The number of phenolic OH excluding ortho intramolecular Hbond substituents is 1. The Hall–Kier alpha value is -3.02. The molecule has 2 aromatic rings. The van der Waals surface area contributed by atoms with Crippen LogP contribution in [0.1, 0.15) is 28.8 Å². The smallest absolute Gasteiger partial charge is 0.342 e. The minimum atomic E-state index is -0.731. The molecule has 0 radical (unpaired) electrons. The predicted octanol–water partition coefficient (Wildman–Crippen LogP) is 3.10. The van der Waals surface area contributed by atoms with Crippen molar-refractivity contribution in [3.05, 3.63) is 53.6 Å². The van der Waals surface area contributed by atoms with E-state index in [1.54, 1.807) is 19.1 Å². The van der Waals surface area contributed by atoms with Gasteiger partial charge in [0.25, 0.3) is 5.91 Å². The molecular weight excluding hydrogens is 332 g/mol. The Kier molecular flexibility index (Phi) is 5.41. The number of aromatic hydroxyl groups is 1. The Morgan fingerprint density at radius 3 is 2.50 bits per heavy atom. The number of aryl methyl sites for hydroxylation is 1. The molecule has 2 aromatic carbocycles. The molecule has 1 amide bonds. The van der Waals surface area contributed by atoms with Crippen LogP contribution in [0.3, 0.4) is 0 Å². The third-order valence-corrected chi connectivity index (χ3v) is 4.41. The largest absolute Gasteiger partial charge is 0.507 e. The van der Waals surface area contributed by atoms with Crippen LogP contribution in [0.4, 0.5) is 11.4 Å². The summed E-state index contributed by atoms with van der Waals surface area (Å²) >= 11 is 0. The number of carbonyl (C=O) groups excluding carboxylic acids is 2. The van der Waals surface area contributed by atoms with Gasteiger partial charge < -0.3 is 20.1 Å². The van der Waals surface area contributed by atoms with Crippen LogP contribution in [-0.4, -0.2) is 36.7 Å². The highest BCUT2D eigenvalue weighted by Crippen LogP contribution is 2.23. The van der Waals surface area contributed by atoms with Gasteiger partial charge in [-0.2, -0.15) is 0 Å². The zero-order chi connectivity index (χ0) is 18.5. The highest BCUT2D eigenvalue weighted by Gasteiger charge is 2.16. The quantitative estimate of drug-likeness (QED) is 0.807. The van der Waals surface area contributed by atoms with Gasteiger partial charge in [-0.3, -0.25) is 4.79 Å². The number of phenols is 1. The fourth-order valence-corrected chi connectivity index (χ4v) is 2.96. The lowest BCUT2D eigenvalue weighted by molar-refractivity contribution is -0.119. The van der Waals surface area contributed by atoms with Crippen molar-refractivity contribution in [2.24, 2.45) is 0 Å². The molecule has 3 rings (SSSR count). The van der Waals surface area contributed by atoms with E-state index < -0.39 is 18.5 Å². The van der Waals surface area contributed by atoms with Crippen LogP contribution in [0.15, 0.2) is 42.5 Å². The normalized spacial score (nSPS) is 13.5. The van der Waals surface area contributed by atoms with E-state index >= 15 is 0 Å². The second-order valence-corrected chi connectivity index (χ2v) is 6.34. The Balaban J connectivity index is 1.52. The van der Waals surface area contributed by atoms with Gasteiger partial charge in [0.15, 0.2) is 6.61 Å². The molecule has 1 heterocycles. The van der Waals surface area contributed by atoms with E-state index in [9.17, 15) is 14.7 Å². The molecule has 1 aliphatic rings. The van der Waals surface area contributed by atoms with E-state index in [0.29, 0.717) is 11.3 Å². The summed E-state index contributed by atoms with van der Waals surface area (Å²) in [5.74, 6) is -1.29. The number of benzene rings is 2. The van der Waals surface area contributed by atoms with Gasteiger partial charge in [0.1, 0.15) is 11.3 Å². The maximum Gasteiger partial charge on any atom is 0.342 e. The minimum Gasteiger partial charge on any atom is -0.507 e. The standard InChI is InChI=1S/C20H22N2O4/c1-14-5-4-6-17(19(14)24)20(25)26-13-18(23)21-15-7-9-16(10-8-15)22-11-2-3-12-22/h4-10,24H,2-3,11-13H2,1H3,(H,21,23). The summed E-state index contributed by atoms with van der Waals surface area (Å²) in [7, 11) is 0. The third kappa shape index (κ3) is 4.14. The summed E-state index contributed by atoms with van der Waals surface area (Å²) in [5, 5.41) is 12.6. The van der Waals surface area contributed by atoms with Crippen LogP contribution in [0.2, 0.25) is 0 Å². The van der Waals surface area contributed by atoms with Crippen molar-refractivity contribution < 1.29 is 19.4 Å². The fourth-order valence-electron chi connectivity index (χ4n) is 2.96. The maximum absolute atomic E-state index is 12.0. The summed E-state index contributed by atoms with van der Waals surface area (Å²) in [6, 6.07) is 12.4. The average molecular weight is 354 g/mol. The zero-order valence-corrected chi connectivity index (χ0v) is 14.7. The highest BCUT2D eigenvalue weighted by atomic mass is 16.5. The Morgan fingerprint density at radius 1 is 1.12 bits per heavy atom. The van der Waals surface area contributed by atoms with Crippen molar-refractivity contribution in [1.29, 1.82) is 0 Å². The SMILES string of the molecule is Cc1cccc(C(=O)OCC(=O)Nc2ccc(N3CCCC3)cc2)c1O. The predicted molar refractivity (Wildman–Crippen MR) is 99.6 cm³/mol. The lowest BCUT2D eigenvalue weighted by Gasteiger charge is -2.17. The number of para-hydroxylation sites is 1.